The minimum absolute atomic E-state index is 0.131. The van der Waals surface area contributed by atoms with Crippen molar-refractivity contribution in [3.8, 4) is 23.0 Å². The molecule has 0 aromatic heterocycles. The molecule has 4 rings (SSSR count). The number of aryl methyl sites for hydroxylation is 4. The van der Waals surface area contributed by atoms with Crippen molar-refractivity contribution in [3.63, 3.8) is 0 Å². The molecule has 0 aliphatic carbocycles. The highest BCUT2D eigenvalue weighted by atomic mass is 35.5. The van der Waals surface area contributed by atoms with Crippen molar-refractivity contribution in [2.75, 3.05) is 0 Å². The smallest absolute Gasteiger partial charge is 0.152 e. The summed E-state index contributed by atoms with van der Waals surface area (Å²) in [5.74, 6) is 0.519. The fraction of sp³-hybridized carbons (Fsp3) is 0.250. The van der Waals surface area contributed by atoms with Crippen LogP contribution in [0.1, 0.15) is 22.3 Å². The zero-order valence-electron chi connectivity index (χ0n) is 24.9. The molecule has 10 heteroatoms. The molecule has 4 N–H and O–H groups in total. The average molecular weight is 683 g/mol. The van der Waals surface area contributed by atoms with Gasteiger partial charge in [-0.2, -0.15) is 0 Å². The SMILES string of the molecule is C[Si](C)(c1cc(Cl)c(O)c(Cl)c1)c1cc(Cl)c(O)c(Cl)c1.Cc1cc([Si](C)(C)c2cc(C)c(O)c(C)c2)cc(C)c1O. The predicted molar refractivity (Wildman–Crippen MR) is 185 cm³/mol. The Bertz CT molecular complexity index is 1330. The Morgan fingerprint density at radius 3 is 0.786 bits per heavy atom. The third-order valence-corrected chi connectivity index (χ3v) is 16.0. The predicted octanol–water partition coefficient (Wildman–Crippen LogP) is 7.69. The lowest BCUT2D eigenvalue weighted by Crippen LogP contribution is -2.53. The maximum absolute atomic E-state index is 9.97. The molecule has 0 aliphatic heterocycles. The lowest BCUT2D eigenvalue weighted by molar-refractivity contribution is 0.467. The summed E-state index contributed by atoms with van der Waals surface area (Å²) >= 11 is 24.0. The van der Waals surface area contributed by atoms with Crippen molar-refractivity contribution in [1.29, 1.82) is 0 Å². The molecule has 4 aromatic carbocycles. The number of halogens is 4. The topological polar surface area (TPSA) is 80.9 Å². The molecule has 0 fully saturated rings. The van der Waals surface area contributed by atoms with Crippen LogP contribution < -0.4 is 20.7 Å². The van der Waals surface area contributed by atoms with E-state index in [4.69, 9.17) is 46.4 Å². The van der Waals surface area contributed by atoms with E-state index < -0.39 is 16.1 Å². The lowest BCUT2D eigenvalue weighted by Gasteiger charge is -2.26. The van der Waals surface area contributed by atoms with E-state index in [1.54, 1.807) is 24.3 Å². The first-order chi connectivity index (χ1) is 19.3. The largest absolute Gasteiger partial charge is 0.507 e. The molecular weight excluding hydrogens is 646 g/mol. The van der Waals surface area contributed by atoms with E-state index in [9.17, 15) is 20.4 Å². The zero-order chi connectivity index (χ0) is 31.9. The molecule has 0 spiro atoms. The molecule has 0 unspecified atom stereocenters. The maximum atomic E-state index is 9.97. The van der Waals surface area contributed by atoms with Crippen LogP contribution in [-0.2, 0) is 0 Å². The Kier molecular flexibility index (Phi) is 10.4. The number of hydrogen-bond acceptors (Lipinski definition) is 4. The number of rotatable bonds is 4. The number of phenols is 4. The monoisotopic (exact) mass is 680 g/mol. The Morgan fingerprint density at radius 1 is 0.381 bits per heavy atom. The lowest BCUT2D eigenvalue weighted by atomic mass is 10.1. The summed E-state index contributed by atoms with van der Waals surface area (Å²) in [5.41, 5.74) is 3.71. The van der Waals surface area contributed by atoms with E-state index in [0.717, 1.165) is 32.6 Å². The molecular formula is C32H36Cl4O4Si2. The Morgan fingerprint density at radius 2 is 0.571 bits per heavy atom. The quantitative estimate of drug-likeness (QED) is 0.167. The molecule has 224 valence electrons. The van der Waals surface area contributed by atoms with Gasteiger partial charge in [0.05, 0.1) is 20.1 Å². The molecule has 4 nitrogen and oxygen atoms in total. The van der Waals surface area contributed by atoms with Crippen LogP contribution in [0.15, 0.2) is 48.5 Å². The molecule has 0 amide bonds. The van der Waals surface area contributed by atoms with Crippen molar-refractivity contribution in [3.05, 3.63) is 90.9 Å². The van der Waals surface area contributed by atoms with Gasteiger partial charge < -0.3 is 20.4 Å². The van der Waals surface area contributed by atoms with Crippen molar-refractivity contribution in [1.82, 2.24) is 0 Å². The highest BCUT2D eigenvalue weighted by Crippen LogP contribution is 2.33. The number of benzene rings is 4. The summed E-state index contributed by atoms with van der Waals surface area (Å²) in [6.07, 6.45) is 0. The molecule has 0 saturated carbocycles. The average Bonchev–Trinajstić information content (AvgIpc) is 2.91. The van der Waals surface area contributed by atoms with Gasteiger partial charge in [-0.05, 0) is 74.2 Å². The van der Waals surface area contributed by atoms with Gasteiger partial charge in [0.25, 0.3) is 0 Å². The fourth-order valence-corrected chi connectivity index (χ4v) is 11.2. The molecule has 0 aliphatic rings. The second kappa shape index (κ2) is 12.7. The molecule has 0 atom stereocenters. The normalized spacial score (nSPS) is 11.7. The van der Waals surface area contributed by atoms with Crippen molar-refractivity contribution < 1.29 is 20.4 Å². The van der Waals surface area contributed by atoms with E-state index >= 15 is 0 Å². The second-order valence-corrected chi connectivity index (χ2v) is 22.2. The van der Waals surface area contributed by atoms with E-state index in [1.807, 2.05) is 27.7 Å². The van der Waals surface area contributed by atoms with Gasteiger partial charge in [-0.25, -0.2) is 0 Å². The summed E-state index contributed by atoms with van der Waals surface area (Å²) in [4.78, 5) is 0. The highest BCUT2D eigenvalue weighted by molar-refractivity contribution is 7.01. The van der Waals surface area contributed by atoms with E-state index in [0.29, 0.717) is 11.5 Å². The molecule has 42 heavy (non-hydrogen) atoms. The summed E-state index contributed by atoms with van der Waals surface area (Å²) in [6, 6.07) is 15.2. The van der Waals surface area contributed by atoms with Gasteiger partial charge in [-0.1, -0.05) is 118 Å². The first-order valence-corrected chi connectivity index (χ1v) is 20.8. The van der Waals surface area contributed by atoms with E-state index in [2.05, 4.69) is 50.5 Å². The van der Waals surface area contributed by atoms with Crippen LogP contribution >= 0.6 is 46.4 Å². The van der Waals surface area contributed by atoms with Crippen molar-refractivity contribution >= 4 is 83.3 Å². The Hall–Kier alpha value is -2.33. The van der Waals surface area contributed by atoms with E-state index in [1.165, 1.54) is 10.4 Å². The number of phenolic OH excluding ortho intramolecular Hbond substituents is 4. The molecule has 0 bridgehead atoms. The summed E-state index contributed by atoms with van der Waals surface area (Å²) in [7, 11) is -4.04. The van der Waals surface area contributed by atoms with Gasteiger partial charge in [0.2, 0.25) is 0 Å². The van der Waals surface area contributed by atoms with Crippen LogP contribution in [0.3, 0.4) is 0 Å². The fourth-order valence-electron chi connectivity index (χ4n) is 4.82. The minimum atomic E-state index is -2.19. The van der Waals surface area contributed by atoms with Gasteiger partial charge in [-0.3, -0.25) is 0 Å². The van der Waals surface area contributed by atoms with Gasteiger partial charge in [-0.15, -0.1) is 0 Å². The van der Waals surface area contributed by atoms with Gasteiger partial charge in [0.1, 0.15) is 27.6 Å². The second-order valence-electron chi connectivity index (χ2n) is 11.7. The number of hydrogen-bond donors (Lipinski definition) is 4. The number of aromatic hydroxyl groups is 4. The zero-order valence-corrected chi connectivity index (χ0v) is 29.9. The first kappa shape index (κ1) is 34.2. The van der Waals surface area contributed by atoms with Crippen LogP contribution in [0.25, 0.3) is 0 Å². The maximum Gasteiger partial charge on any atom is 0.152 e. The Labute approximate surface area is 270 Å². The minimum Gasteiger partial charge on any atom is -0.507 e. The molecule has 0 heterocycles. The van der Waals surface area contributed by atoms with Gasteiger partial charge in [0, 0.05) is 0 Å². The summed E-state index contributed by atoms with van der Waals surface area (Å²) in [5, 5.41) is 44.6. The van der Waals surface area contributed by atoms with Crippen LogP contribution in [0.4, 0.5) is 0 Å². The Balaban J connectivity index is 0.000000230. The van der Waals surface area contributed by atoms with Crippen molar-refractivity contribution in [2.24, 2.45) is 0 Å². The standard InChI is InChI=1S/C18H24O2Si.C14H12Cl4O2Si/c1-11-7-15(8-12(2)17(11)19)21(5,6)16-9-13(3)18(20)14(4)10-16;1-21(2,7-3-9(15)13(19)10(16)4-7)8-5-11(17)14(20)12(18)6-8/h7-10,19-20H,1-6H3;3-6,19-20H,1-2H3. The highest BCUT2D eigenvalue weighted by Gasteiger charge is 2.30. The third kappa shape index (κ3) is 6.90. The molecule has 0 saturated heterocycles. The summed E-state index contributed by atoms with van der Waals surface area (Å²) in [6.45, 7) is 16.6. The molecule has 0 radical (unpaired) electrons. The van der Waals surface area contributed by atoms with Gasteiger partial charge in [0.15, 0.2) is 11.5 Å². The van der Waals surface area contributed by atoms with Crippen LogP contribution in [0.5, 0.6) is 23.0 Å². The van der Waals surface area contributed by atoms with Crippen LogP contribution in [-0.4, -0.2) is 36.6 Å². The van der Waals surface area contributed by atoms with Gasteiger partial charge >= 0.3 is 0 Å². The molecule has 4 aromatic rings. The van der Waals surface area contributed by atoms with Crippen molar-refractivity contribution in [2.45, 2.75) is 53.9 Å². The van der Waals surface area contributed by atoms with Crippen LogP contribution in [0, 0.1) is 27.7 Å². The third-order valence-electron chi connectivity index (χ3n) is 7.90. The first-order valence-electron chi connectivity index (χ1n) is 13.3. The summed E-state index contributed by atoms with van der Waals surface area (Å²) < 4.78 is 0. The van der Waals surface area contributed by atoms with E-state index in [-0.39, 0.29) is 31.6 Å². The van der Waals surface area contributed by atoms with Crippen LogP contribution in [0.2, 0.25) is 46.3 Å².